The van der Waals surface area contributed by atoms with Crippen molar-refractivity contribution in [2.45, 2.75) is 37.2 Å². The van der Waals surface area contributed by atoms with Crippen molar-refractivity contribution in [2.75, 3.05) is 0 Å². The number of hydrogen-bond acceptors (Lipinski definition) is 4. The molecule has 2 aromatic rings. The van der Waals surface area contributed by atoms with Gasteiger partial charge in [-0.2, -0.15) is 0 Å². The number of rotatable bonds is 3. The first-order chi connectivity index (χ1) is 9.56. The summed E-state index contributed by atoms with van der Waals surface area (Å²) in [5.41, 5.74) is 2.60. The van der Waals surface area contributed by atoms with Crippen molar-refractivity contribution in [2.24, 2.45) is 0 Å². The number of sulfone groups is 1. The molecule has 3 rings (SSSR count). The minimum Gasteiger partial charge on any atom is -0.361 e. The summed E-state index contributed by atoms with van der Waals surface area (Å²) in [6, 6.07) is 9.52. The van der Waals surface area contributed by atoms with E-state index >= 15 is 0 Å². The average molecular weight is 291 g/mol. The Morgan fingerprint density at radius 2 is 2.15 bits per heavy atom. The zero-order valence-electron chi connectivity index (χ0n) is 11.4. The van der Waals surface area contributed by atoms with E-state index in [1.807, 2.05) is 24.3 Å². The largest absolute Gasteiger partial charge is 0.361 e. The van der Waals surface area contributed by atoms with Crippen LogP contribution in [0.5, 0.6) is 0 Å². The van der Waals surface area contributed by atoms with Gasteiger partial charge in [0.15, 0.2) is 9.84 Å². The second-order valence-electron chi connectivity index (χ2n) is 5.32. The van der Waals surface area contributed by atoms with Crippen molar-refractivity contribution in [3.63, 3.8) is 0 Å². The average Bonchev–Trinajstić information content (AvgIpc) is 2.82. The zero-order valence-corrected chi connectivity index (χ0v) is 12.2. The Labute approximate surface area is 118 Å². The molecule has 5 heteroatoms. The second-order valence-corrected chi connectivity index (χ2v) is 7.50. The lowest BCUT2D eigenvalue weighted by molar-refractivity contribution is 0.392. The Kier molecular flexibility index (Phi) is 3.38. The number of benzene rings is 1. The fourth-order valence-electron chi connectivity index (χ4n) is 2.88. The monoisotopic (exact) mass is 291 g/mol. The molecule has 1 aliphatic rings. The highest BCUT2D eigenvalue weighted by molar-refractivity contribution is 7.90. The highest BCUT2D eigenvalue weighted by Crippen LogP contribution is 2.36. The molecule has 106 valence electrons. The van der Waals surface area contributed by atoms with E-state index in [2.05, 4.69) is 5.16 Å². The lowest BCUT2D eigenvalue weighted by atomic mass is 9.91. The van der Waals surface area contributed by atoms with E-state index in [1.165, 1.54) is 0 Å². The number of nitrogens with zero attached hydrogens (tertiary/aromatic N) is 1. The maximum atomic E-state index is 12.6. The van der Waals surface area contributed by atoms with Gasteiger partial charge >= 0.3 is 0 Å². The maximum Gasteiger partial charge on any atom is 0.163 e. The maximum absolute atomic E-state index is 12.6. The molecular weight excluding hydrogens is 274 g/mol. The van der Waals surface area contributed by atoms with Crippen molar-refractivity contribution < 1.29 is 12.9 Å². The van der Waals surface area contributed by atoms with E-state index in [0.29, 0.717) is 17.9 Å². The molecule has 0 N–H and O–H groups in total. The molecule has 1 aromatic carbocycles. The fraction of sp³-hybridized carbons (Fsp3) is 0.400. The van der Waals surface area contributed by atoms with Crippen LogP contribution >= 0.6 is 0 Å². The van der Waals surface area contributed by atoms with Crippen LogP contribution in [0.3, 0.4) is 0 Å². The first kappa shape index (κ1) is 13.4. The number of fused-ring (bicyclic) bond motifs is 1. The Morgan fingerprint density at radius 1 is 1.35 bits per heavy atom. The van der Waals surface area contributed by atoms with E-state index < -0.39 is 15.1 Å². The van der Waals surface area contributed by atoms with E-state index in [9.17, 15) is 8.42 Å². The minimum absolute atomic E-state index is 0.0522. The molecule has 0 saturated carbocycles. The smallest absolute Gasteiger partial charge is 0.163 e. The second kappa shape index (κ2) is 5.05. The third-order valence-electron chi connectivity index (χ3n) is 3.77. The van der Waals surface area contributed by atoms with Crippen LogP contribution in [-0.4, -0.2) is 13.6 Å². The Hall–Kier alpha value is -1.62. The van der Waals surface area contributed by atoms with Gasteiger partial charge in [-0.3, -0.25) is 0 Å². The van der Waals surface area contributed by atoms with Crippen LogP contribution in [-0.2, 0) is 22.0 Å². The van der Waals surface area contributed by atoms with Gasteiger partial charge in [0.1, 0.15) is 5.76 Å². The van der Waals surface area contributed by atoms with E-state index in [-0.39, 0.29) is 5.75 Å². The van der Waals surface area contributed by atoms with E-state index in [0.717, 1.165) is 24.0 Å². The Balaban J connectivity index is 1.92. The summed E-state index contributed by atoms with van der Waals surface area (Å²) in [5.74, 6) is 0.586. The summed E-state index contributed by atoms with van der Waals surface area (Å²) in [6.07, 6.45) is 2.57. The molecule has 1 heterocycles. The van der Waals surface area contributed by atoms with Gasteiger partial charge in [-0.1, -0.05) is 29.4 Å². The molecule has 20 heavy (non-hydrogen) atoms. The summed E-state index contributed by atoms with van der Waals surface area (Å²) in [5, 5.41) is 3.39. The first-order valence-corrected chi connectivity index (χ1v) is 8.49. The molecule has 0 bridgehead atoms. The molecule has 0 radical (unpaired) electrons. The van der Waals surface area contributed by atoms with E-state index in [4.69, 9.17) is 4.52 Å². The van der Waals surface area contributed by atoms with Crippen LogP contribution in [0.4, 0.5) is 0 Å². The molecule has 1 unspecified atom stereocenters. The molecular formula is C15H17NO3S. The summed E-state index contributed by atoms with van der Waals surface area (Å²) in [7, 11) is -3.26. The van der Waals surface area contributed by atoms with Crippen LogP contribution in [0.15, 0.2) is 34.9 Å². The summed E-state index contributed by atoms with van der Waals surface area (Å²) in [6.45, 7) is 1.76. The van der Waals surface area contributed by atoms with Gasteiger partial charge < -0.3 is 4.52 Å². The van der Waals surface area contributed by atoms with Gasteiger partial charge in [0.05, 0.1) is 16.7 Å². The van der Waals surface area contributed by atoms with Crippen molar-refractivity contribution in [1.82, 2.24) is 5.16 Å². The molecule has 1 aliphatic carbocycles. The standard InChI is InChI=1S/C15H17NO3S/c1-11-9-13(16-19-11)10-20(17,18)15-8-4-6-12-5-2-3-7-14(12)15/h2-3,5,7,9,15H,4,6,8,10H2,1H3. The van der Waals surface area contributed by atoms with Crippen LogP contribution < -0.4 is 0 Å². The minimum atomic E-state index is -3.26. The SMILES string of the molecule is Cc1cc(CS(=O)(=O)C2CCCc3ccccc32)no1. The van der Waals surface area contributed by atoms with Crippen molar-refractivity contribution in [3.8, 4) is 0 Å². The molecule has 0 amide bonds. The van der Waals surface area contributed by atoms with Gasteiger partial charge in [-0.05, 0) is 37.3 Å². The Bertz CT molecular complexity index is 718. The molecule has 1 aromatic heterocycles. The van der Waals surface area contributed by atoms with E-state index in [1.54, 1.807) is 13.0 Å². The molecule has 4 nitrogen and oxygen atoms in total. The molecule has 0 spiro atoms. The molecule has 0 fully saturated rings. The van der Waals surface area contributed by atoms with Crippen molar-refractivity contribution >= 4 is 9.84 Å². The summed E-state index contributed by atoms with van der Waals surface area (Å²) in [4.78, 5) is 0. The molecule has 1 atom stereocenters. The third kappa shape index (κ3) is 2.50. The first-order valence-electron chi connectivity index (χ1n) is 6.78. The van der Waals surface area contributed by atoms with Gasteiger partial charge in [0.2, 0.25) is 0 Å². The van der Waals surface area contributed by atoms with Gasteiger partial charge in [0.25, 0.3) is 0 Å². The lowest BCUT2D eigenvalue weighted by Gasteiger charge is -2.25. The fourth-order valence-corrected chi connectivity index (χ4v) is 4.77. The highest BCUT2D eigenvalue weighted by atomic mass is 32.2. The predicted molar refractivity (Wildman–Crippen MR) is 76.0 cm³/mol. The zero-order chi connectivity index (χ0) is 14.2. The number of aromatic nitrogens is 1. The third-order valence-corrected chi connectivity index (χ3v) is 5.83. The topological polar surface area (TPSA) is 60.2 Å². The van der Waals surface area contributed by atoms with Crippen LogP contribution in [0.25, 0.3) is 0 Å². The van der Waals surface area contributed by atoms with Crippen LogP contribution in [0.2, 0.25) is 0 Å². The van der Waals surface area contributed by atoms with Crippen molar-refractivity contribution in [3.05, 3.63) is 52.9 Å². The number of aryl methyl sites for hydroxylation is 2. The molecule has 0 saturated heterocycles. The van der Waals surface area contributed by atoms with Crippen LogP contribution in [0, 0.1) is 6.92 Å². The van der Waals surface area contributed by atoms with Gasteiger partial charge in [-0.15, -0.1) is 0 Å². The molecule has 0 aliphatic heterocycles. The number of hydrogen-bond donors (Lipinski definition) is 0. The predicted octanol–water partition coefficient (Wildman–Crippen LogP) is 2.98. The normalized spacial score (nSPS) is 18.8. The lowest BCUT2D eigenvalue weighted by Crippen LogP contribution is -2.20. The highest BCUT2D eigenvalue weighted by Gasteiger charge is 2.32. The summed E-state index contributed by atoms with van der Waals surface area (Å²) >= 11 is 0. The van der Waals surface area contributed by atoms with Crippen molar-refractivity contribution in [1.29, 1.82) is 0 Å². The van der Waals surface area contributed by atoms with Gasteiger partial charge in [0, 0.05) is 6.07 Å². The quantitative estimate of drug-likeness (QED) is 0.872. The summed E-state index contributed by atoms with van der Waals surface area (Å²) < 4.78 is 30.2. The van der Waals surface area contributed by atoms with Gasteiger partial charge in [-0.25, -0.2) is 8.42 Å². The Morgan fingerprint density at radius 3 is 2.90 bits per heavy atom. The van der Waals surface area contributed by atoms with Crippen LogP contribution in [0.1, 0.15) is 40.7 Å².